The molecule has 1 atom stereocenters. The Morgan fingerprint density at radius 3 is 3.00 bits per heavy atom. The van der Waals surface area contributed by atoms with E-state index in [1.54, 1.807) is 13.3 Å². The summed E-state index contributed by atoms with van der Waals surface area (Å²) in [5.41, 5.74) is 0. The molecule has 0 aliphatic carbocycles. The molecule has 2 heteroatoms. The van der Waals surface area contributed by atoms with Crippen LogP contribution in [0.5, 0.6) is 0 Å². The average molecular weight is 111 g/mol. The van der Waals surface area contributed by atoms with Gasteiger partial charge in [0, 0.05) is 25.9 Å². The van der Waals surface area contributed by atoms with E-state index >= 15 is 0 Å². The van der Waals surface area contributed by atoms with Gasteiger partial charge in [-0.15, -0.1) is 0 Å². The summed E-state index contributed by atoms with van der Waals surface area (Å²) in [5, 5.41) is 0. The van der Waals surface area contributed by atoms with E-state index in [1.165, 1.54) is 0 Å². The molecule has 0 aromatic rings. The van der Waals surface area contributed by atoms with Gasteiger partial charge in [-0.05, 0) is 6.08 Å². The minimum Gasteiger partial charge on any atom is -0.377 e. The van der Waals surface area contributed by atoms with Crippen LogP contribution in [0.15, 0.2) is 17.3 Å². The number of rotatable bonds is 1. The molecule has 1 heterocycles. The van der Waals surface area contributed by atoms with Crippen LogP contribution in [-0.2, 0) is 4.74 Å². The van der Waals surface area contributed by atoms with Crippen molar-refractivity contribution in [3.63, 3.8) is 0 Å². The van der Waals surface area contributed by atoms with Gasteiger partial charge in [-0.3, -0.25) is 4.99 Å². The molecule has 0 amide bonds. The molecular formula is C6H9NO. The molecule has 0 bridgehead atoms. The Labute approximate surface area is 48.9 Å². The zero-order valence-corrected chi connectivity index (χ0v) is 4.87. The Bertz CT molecular complexity index is 118. The topological polar surface area (TPSA) is 21.6 Å². The van der Waals surface area contributed by atoms with Crippen molar-refractivity contribution in [1.29, 1.82) is 0 Å². The Morgan fingerprint density at radius 1 is 1.75 bits per heavy atom. The lowest BCUT2D eigenvalue weighted by Gasteiger charge is -2.08. The van der Waals surface area contributed by atoms with E-state index in [9.17, 15) is 0 Å². The van der Waals surface area contributed by atoms with Crippen molar-refractivity contribution in [1.82, 2.24) is 0 Å². The van der Waals surface area contributed by atoms with Gasteiger partial charge in [-0.25, -0.2) is 0 Å². The molecule has 0 radical (unpaired) electrons. The highest BCUT2D eigenvalue weighted by atomic mass is 16.5. The fourth-order valence-electron chi connectivity index (χ4n) is 0.625. The second kappa shape index (κ2) is 2.62. The monoisotopic (exact) mass is 111 g/mol. The first-order valence-electron chi connectivity index (χ1n) is 2.64. The molecule has 0 aromatic heterocycles. The summed E-state index contributed by atoms with van der Waals surface area (Å²) < 4.78 is 5.01. The number of methoxy groups -OCH3 is 1. The first kappa shape index (κ1) is 5.51. The van der Waals surface area contributed by atoms with E-state index in [-0.39, 0.29) is 6.10 Å². The van der Waals surface area contributed by atoms with Gasteiger partial charge in [-0.1, -0.05) is 0 Å². The average Bonchev–Trinajstić information content (AvgIpc) is 1.90. The molecule has 1 rings (SSSR count). The van der Waals surface area contributed by atoms with E-state index in [0.29, 0.717) is 0 Å². The van der Waals surface area contributed by atoms with Crippen molar-refractivity contribution in [2.45, 2.75) is 12.5 Å². The van der Waals surface area contributed by atoms with Crippen LogP contribution in [0.1, 0.15) is 6.42 Å². The van der Waals surface area contributed by atoms with Crippen LogP contribution in [0.2, 0.25) is 0 Å². The summed E-state index contributed by atoms with van der Waals surface area (Å²) in [6, 6.07) is 0. The Kier molecular flexibility index (Phi) is 1.80. The summed E-state index contributed by atoms with van der Waals surface area (Å²) in [5.74, 6) is 0. The minimum atomic E-state index is 0.257. The first-order chi connectivity index (χ1) is 3.93. The Balaban J connectivity index is 2.40. The molecule has 44 valence electrons. The van der Waals surface area contributed by atoms with E-state index in [4.69, 9.17) is 4.74 Å². The number of hydrogen-bond donors (Lipinski definition) is 0. The van der Waals surface area contributed by atoms with Crippen LogP contribution in [0.3, 0.4) is 0 Å². The van der Waals surface area contributed by atoms with Gasteiger partial charge in [0.2, 0.25) is 0 Å². The molecule has 1 aliphatic rings. The van der Waals surface area contributed by atoms with Crippen LogP contribution in [0, 0.1) is 0 Å². The lowest BCUT2D eigenvalue weighted by atomic mass is 10.2. The van der Waals surface area contributed by atoms with Crippen LogP contribution in [0.4, 0.5) is 0 Å². The molecule has 0 saturated heterocycles. The molecule has 1 unspecified atom stereocenters. The van der Waals surface area contributed by atoms with Crippen LogP contribution in [-0.4, -0.2) is 19.4 Å². The van der Waals surface area contributed by atoms with Crippen LogP contribution >= 0.6 is 0 Å². The molecule has 1 aliphatic heterocycles. The highest BCUT2D eigenvalue weighted by Crippen LogP contribution is 2.00. The summed E-state index contributed by atoms with van der Waals surface area (Å²) in [6.45, 7) is 0. The predicted octanol–water partition coefficient (Wildman–Crippen LogP) is 0.990. The number of nitrogens with zero attached hydrogens (tertiary/aromatic N) is 1. The van der Waals surface area contributed by atoms with E-state index in [2.05, 4.69) is 4.99 Å². The first-order valence-corrected chi connectivity index (χ1v) is 2.64. The van der Waals surface area contributed by atoms with Crippen molar-refractivity contribution in [2.75, 3.05) is 7.11 Å². The third-order valence-electron chi connectivity index (χ3n) is 1.13. The van der Waals surface area contributed by atoms with E-state index < -0.39 is 0 Å². The molecule has 8 heavy (non-hydrogen) atoms. The van der Waals surface area contributed by atoms with Gasteiger partial charge < -0.3 is 4.74 Å². The quantitative estimate of drug-likeness (QED) is 0.494. The SMILES string of the molecule is COC1C=CN=CC1. The fraction of sp³-hybridized carbons (Fsp3) is 0.500. The summed E-state index contributed by atoms with van der Waals surface area (Å²) >= 11 is 0. The Morgan fingerprint density at radius 2 is 2.62 bits per heavy atom. The van der Waals surface area contributed by atoms with E-state index in [0.717, 1.165) is 6.42 Å². The summed E-state index contributed by atoms with van der Waals surface area (Å²) in [7, 11) is 1.70. The van der Waals surface area contributed by atoms with Crippen molar-refractivity contribution in [2.24, 2.45) is 4.99 Å². The normalized spacial score (nSPS) is 26.4. The fourth-order valence-corrected chi connectivity index (χ4v) is 0.625. The third kappa shape index (κ3) is 1.17. The number of ether oxygens (including phenoxy) is 1. The predicted molar refractivity (Wildman–Crippen MR) is 33.0 cm³/mol. The molecule has 0 aromatic carbocycles. The van der Waals surface area contributed by atoms with Gasteiger partial charge in [0.05, 0.1) is 6.10 Å². The van der Waals surface area contributed by atoms with Crippen molar-refractivity contribution < 1.29 is 4.74 Å². The standard InChI is InChI=1S/C6H9NO/c1-8-6-2-4-7-5-3-6/h2,4-6H,3H2,1H3. The zero-order chi connectivity index (χ0) is 5.82. The second-order valence-corrected chi connectivity index (χ2v) is 1.68. The second-order valence-electron chi connectivity index (χ2n) is 1.68. The lowest BCUT2D eigenvalue weighted by Crippen LogP contribution is -2.08. The molecule has 0 spiro atoms. The third-order valence-corrected chi connectivity index (χ3v) is 1.13. The molecule has 2 nitrogen and oxygen atoms in total. The highest BCUT2D eigenvalue weighted by molar-refractivity contribution is 5.60. The maximum absolute atomic E-state index is 5.01. The maximum atomic E-state index is 5.01. The smallest absolute Gasteiger partial charge is 0.0819 e. The van der Waals surface area contributed by atoms with Gasteiger partial charge in [0.15, 0.2) is 0 Å². The van der Waals surface area contributed by atoms with Gasteiger partial charge in [0.25, 0.3) is 0 Å². The van der Waals surface area contributed by atoms with Crippen molar-refractivity contribution >= 4 is 6.21 Å². The van der Waals surface area contributed by atoms with E-state index in [1.807, 2.05) is 12.3 Å². The van der Waals surface area contributed by atoms with Gasteiger partial charge in [-0.2, -0.15) is 0 Å². The number of hydrogen-bond acceptors (Lipinski definition) is 2. The minimum absolute atomic E-state index is 0.257. The Hall–Kier alpha value is -0.630. The molecular weight excluding hydrogens is 102 g/mol. The maximum Gasteiger partial charge on any atom is 0.0819 e. The molecule has 0 fully saturated rings. The lowest BCUT2D eigenvalue weighted by molar-refractivity contribution is 0.147. The number of aliphatic imine (C=N–C) groups is 1. The van der Waals surface area contributed by atoms with Crippen molar-refractivity contribution in [3.8, 4) is 0 Å². The van der Waals surface area contributed by atoms with Crippen LogP contribution in [0.25, 0.3) is 0 Å². The zero-order valence-electron chi connectivity index (χ0n) is 4.87. The molecule has 0 saturated carbocycles. The summed E-state index contributed by atoms with van der Waals surface area (Å²) in [6.07, 6.45) is 6.73. The summed E-state index contributed by atoms with van der Waals surface area (Å²) in [4.78, 5) is 3.89. The largest absolute Gasteiger partial charge is 0.377 e. The highest BCUT2D eigenvalue weighted by Gasteiger charge is 2.00. The van der Waals surface area contributed by atoms with Gasteiger partial charge in [0.1, 0.15) is 0 Å². The van der Waals surface area contributed by atoms with Gasteiger partial charge >= 0.3 is 0 Å². The molecule has 0 N–H and O–H groups in total. The van der Waals surface area contributed by atoms with Crippen molar-refractivity contribution in [3.05, 3.63) is 12.3 Å². The van der Waals surface area contributed by atoms with Crippen LogP contribution < -0.4 is 0 Å².